The number of thiophene rings is 1. The van der Waals surface area contributed by atoms with Crippen LogP contribution in [-0.2, 0) is 11.2 Å². The molecular weight excluding hydrogens is 350 g/mol. The Hall–Kier alpha value is -1.92. The van der Waals surface area contributed by atoms with Gasteiger partial charge in [0.2, 0.25) is 5.91 Å². The van der Waals surface area contributed by atoms with Crippen molar-refractivity contribution in [1.29, 1.82) is 0 Å². The number of carbonyl (C=O) groups is 1. The maximum atomic E-state index is 12.1. The molecule has 6 heteroatoms. The molecule has 3 rings (SSSR count). The van der Waals surface area contributed by atoms with E-state index >= 15 is 0 Å². The third-order valence-corrected chi connectivity index (χ3v) is 5.96. The van der Waals surface area contributed by atoms with Gasteiger partial charge in [-0.1, -0.05) is 49.9 Å². The molecule has 2 aromatic heterocycles. The van der Waals surface area contributed by atoms with Crippen LogP contribution in [0.4, 0.5) is 0 Å². The molecule has 25 heavy (non-hydrogen) atoms. The van der Waals surface area contributed by atoms with Crippen molar-refractivity contribution in [2.45, 2.75) is 31.2 Å². The number of rotatable bonds is 7. The lowest BCUT2D eigenvalue weighted by molar-refractivity contribution is -0.118. The molecule has 2 heterocycles. The van der Waals surface area contributed by atoms with Gasteiger partial charge in [-0.3, -0.25) is 4.79 Å². The summed E-state index contributed by atoms with van der Waals surface area (Å²) in [6.45, 7) is 5.03. The van der Waals surface area contributed by atoms with Crippen LogP contribution in [0.25, 0.3) is 10.2 Å². The van der Waals surface area contributed by atoms with Gasteiger partial charge in [0.25, 0.3) is 0 Å². The third-order valence-electron chi connectivity index (χ3n) is 3.93. The first-order valence-electron chi connectivity index (χ1n) is 8.30. The molecule has 0 aliphatic heterocycles. The predicted octanol–water partition coefficient (Wildman–Crippen LogP) is 4.27. The molecular formula is C19H21N3OS2. The summed E-state index contributed by atoms with van der Waals surface area (Å²) in [6, 6.07) is 10.6. The minimum absolute atomic E-state index is 0.0344. The van der Waals surface area contributed by atoms with Crippen LogP contribution in [0.3, 0.4) is 0 Å². The highest BCUT2D eigenvalue weighted by atomic mass is 32.2. The van der Waals surface area contributed by atoms with Crippen molar-refractivity contribution in [2.75, 3.05) is 12.3 Å². The summed E-state index contributed by atoms with van der Waals surface area (Å²) < 4.78 is 1.05. The Kier molecular flexibility index (Phi) is 6.04. The highest BCUT2D eigenvalue weighted by molar-refractivity contribution is 8.00. The van der Waals surface area contributed by atoms with Crippen LogP contribution in [0.5, 0.6) is 0 Å². The Morgan fingerprint density at radius 3 is 2.76 bits per heavy atom. The molecule has 1 N–H and O–H groups in total. The number of amides is 1. The van der Waals surface area contributed by atoms with Crippen molar-refractivity contribution in [1.82, 2.24) is 15.3 Å². The van der Waals surface area contributed by atoms with Crippen LogP contribution in [-0.4, -0.2) is 28.2 Å². The number of nitrogens with one attached hydrogen (secondary N) is 1. The van der Waals surface area contributed by atoms with Gasteiger partial charge in [-0.2, -0.15) is 0 Å². The molecule has 0 fully saturated rings. The van der Waals surface area contributed by atoms with E-state index in [9.17, 15) is 4.79 Å². The molecule has 4 nitrogen and oxygen atoms in total. The highest BCUT2D eigenvalue weighted by Crippen LogP contribution is 2.28. The Balaban J connectivity index is 1.44. The van der Waals surface area contributed by atoms with Crippen LogP contribution < -0.4 is 5.32 Å². The zero-order valence-electron chi connectivity index (χ0n) is 14.4. The van der Waals surface area contributed by atoms with Gasteiger partial charge < -0.3 is 5.32 Å². The van der Waals surface area contributed by atoms with Crippen LogP contribution in [0, 0.1) is 0 Å². The van der Waals surface area contributed by atoms with Crippen LogP contribution in [0.15, 0.2) is 47.1 Å². The first-order chi connectivity index (χ1) is 12.1. The van der Waals surface area contributed by atoms with Gasteiger partial charge in [0.1, 0.15) is 11.4 Å². The molecule has 0 radical (unpaired) electrons. The summed E-state index contributed by atoms with van der Waals surface area (Å²) in [5.74, 6) is 0.950. The fourth-order valence-electron chi connectivity index (χ4n) is 2.47. The second-order valence-electron chi connectivity index (χ2n) is 6.10. The molecule has 130 valence electrons. The number of thioether (sulfide) groups is 1. The zero-order valence-corrected chi connectivity index (χ0v) is 16.0. The van der Waals surface area contributed by atoms with Crippen molar-refractivity contribution in [3.8, 4) is 0 Å². The maximum Gasteiger partial charge on any atom is 0.230 e. The number of benzene rings is 1. The summed E-state index contributed by atoms with van der Waals surface area (Å²) in [6.07, 6.45) is 2.40. The Morgan fingerprint density at radius 2 is 2.00 bits per heavy atom. The summed E-state index contributed by atoms with van der Waals surface area (Å²) in [7, 11) is 0. The predicted molar refractivity (Wildman–Crippen MR) is 105 cm³/mol. The van der Waals surface area contributed by atoms with Crippen molar-refractivity contribution >= 4 is 39.2 Å². The first-order valence-corrected chi connectivity index (χ1v) is 10.2. The Morgan fingerprint density at radius 1 is 1.20 bits per heavy atom. The average Bonchev–Trinajstić information content (AvgIpc) is 3.09. The smallest absolute Gasteiger partial charge is 0.230 e. The molecule has 1 aromatic carbocycles. The van der Waals surface area contributed by atoms with E-state index in [4.69, 9.17) is 0 Å². The lowest BCUT2D eigenvalue weighted by Gasteiger charge is -2.08. The molecule has 0 bridgehead atoms. The highest BCUT2D eigenvalue weighted by Gasteiger charge is 2.08. The lowest BCUT2D eigenvalue weighted by atomic mass is 10.0. The molecule has 0 unspecified atom stereocenters. The molecule has 0 atom stereocenters. The van der Waals surface area contributed by atoms with E-state index in [1.807, 2.05) is 11.4 Å². The third kappa shape index (κ3) is 4.80. The molecule has 1 amide bonds. The van der Waals surface area contributed by atoms with Gasteiger partial charge in [0.15, 0.2) is 0 Å². The van der Waals surface area contributed by atoms with Gasteiger partial charge in [0, 0.05) is 6.54 Å². The fourth-order valence-corrected chi connectivity index (χ4v) is 4.25. The molecule has 0 aliphatic rings. The van der Waals surface area contributed by atoms with Crippen LogP contribution >= 0.6 is 23.1 Å². The van der Waals surface area contributed by atoms with Gasteiger partial charge in [-0.25, -0.2) is 9.97 Å². The Bertz CT molecular complexity index is 843. The summed E-state index contributed by atoms with van der Waals surface area (Å²) in [5, 5.41) is 5.85. The topological polar surface area (TPSA) is 54.9 Å². The standard InChI is InChI=1S/C19H21N3OS2/c1-13(2)15-5-3-14(4-6-15)7-9-20-17(23)11-25-19-18-16(8-10-24-18)21-12-22-19/h3-6,8,10,12-13H,7,9,11H2,1-2H3,(H,20,23). The van der Waals surface area contributed by atoms with Gasteiger partial charge in [-0.05, 0) is 34.9 Å². The van der Waals surface area contributed by atoms with E-state index in [1.165, 1.54) is 22.9 Å². The van der Waals surface area contributed by atoms with Gasteiger partial charge in [-0.15, -0.1) is 11.3 Å². The van der Waals surface area contributed by atoms with Gasteiger partial charge >= 0.3 is 0 Å². The van der Waals surface area contributed by atoms with Crippen molar-refractivity contribution in [3.63, 3.8) is 0 Å². The van der Waals surface area contributed by atoms with E-state index in [0.29, 0.717) is 18.2 Å². The average molecular weight is 372 g/mol. The quantitative estimate of drug-likeness (QED) is 0.498. The number of aromatic nitrogens is 2. The fraction of sp³-hybridized carbons (Fsp3) is 0.316. The SMILES string of the molecule is CC(C)c1ccc(CCNC(=O)CSc2ncnc3ccsc23)cc1. The second kappa shape index (κ2) is 8.45. The van der Waals surface area contributed by atoms with Crippen molar-refractivity contribution in [2.24, 2.45) is 0 Å². The summed E-state index contributed by atoms with van der Waals surface area (Å²) in [5.41, 5.74) is 3.52. The minimum atomic E-state index is 0.0344. The largest absolute Gasteiger partial charge is 0.355 e. The Labute approximate surface area is 156 Å². The molecule has 3 aromatic rings. The van der Waals surface area contributed by atoms with E-state index in [-0.39, 0.29) is 5.91 Å². The number of fused-ring (bicyclic) bond motifs is 1. The molecule has 0 aliphatic carbocycles. The van der Waals surface area contributed by atoms with Gasteiger partial charge in [0.05, 0.1) is 16.0 Å². The lowest BCUT2D eigenvalue weighted by Crippen LogP contribution is -2.27. The number of carbonyl (C=O) groups excluding carboxylic acids is 1. The van der Waals surface area contributed by atoms with E-state index < -0.39 is 0 Å². The van der Waals surface area contributed by atoms with Crippen LogP contribution in [0.1, 0.15) is 30.9 Å². The molecule has 0 saturated carbocycles. The van der Waals surface area contributed by atoms with E-state index in [0.717, 1.165) is 21.7 Å². The summed E-state index contributed by atoms with van der Waals surface area (Å²) >= 11 is 3.07. The normalized spacial score (nSPS) is 11.2. The van der Waals surface area contributed by atoms with Crippen molar-refractivity contribution in [3.05, 3.63) is 53.2 Å². The maximum absolute atomic E-state index is 12.1. The first kappa shape index (κ1) is 17.9. The zero-order chi connectivity index (χ0) is 17.6. The number of nitrogens with zero attached hydrogens (tertiary/aromatic N) is 2. The second-order valence-corrected chi connectivity index (χ2v) is 7.98. The minimum Gasteiger partial charge on any atom is -0.355 e. The summed E-state index contributed by atoms with van der Waals surface area (Å²) in [4.78, 5) is 20.6. The monoisotopic (exact) mass is 371 g/mol. The van der Waals surface area contributed by atoms with E-state index in [2.05, 4.69) is 53.4 Å². The molecule has 0 saturated heterocycles. The molecule has 0 spiro atoms. The van der Waals surface area contributed by atoms with E-state index in [1.54, 1.807) is 17.7 Å². The number of hydrogen-bond donors (Lipinski definition) is 1. The van der Waals surface area contributed by atoms with Crippen LogP contribution in [0.2, 0.25) is 0 Å². The van der Waals surface area contributed by atoms with Crippen molar-refractivity contribution < 1.29 is 4.79 Å². The number of hydrogen-bond acceptors (Lipinski definition) is 5.